The monoisotopic (exact) mass is 423 g/mol. The molecule has 1 N–H and O–H groups in total. The Morgan fingerprint density at radius 2 is 1.86 bits per heavy atom. The maximum absolute atomic E-state index is 12.5. The van der Waals surface area contributed by atoms with Crippen LogP contribution in [0, 0.1) is 0 Å². The lowest BCUT2D eigenvalue weighted by molar-refractivity contribution is -0.138. The predicted octanol–water partition coefficient (Wildman–Crippen LogP) is 3.98. The van der Waals surface area contributed by atoms with Gasteiger partial charge in [-0.15, -0.1) is 24.8 Å². The number of nitrogens with zero attached hydrogens (tertiary/aromatic N) is 2. The molecule has 1 aromatic rings. The standard InChI is InChI=1S/C13H17BrF3N3.2ClH/c14-11-7-10(8-19-9-11)12(1-2-13(15,16)17)20-5-3-18-4-6-20;;/h7-9,12,18H,1-6H2;2*1H/t12-;;/m1../s1. The SMILES string of the molecule is Cl.Cl.FC(F)(F)CC[C@H](c1cncc(Br)c1)N1CCNCC1. The lowest BCUT2D eigenvalue weighted by Crippen LogP contribution is -2.45. The van der Waals surface area contributed by atoms with Gasteiger partial charge >= 0.3 is 6.18 Å². The van der Waals surface area contributed by atoms with Crippen LogP contribution in [0.3, 0.4) is 0 Å². The molecule has 0 radical (unpaired) electrons. The second-order valence-corrected chi connectivity index (χ2v) is 5.81. The highest BCUT2D eigenvalue weighted by Crippen LogP contribution is 2.32. The number of rotatable bonds is 4. The molecule has 0 aromatic carbocycles. The van der Waals surface area contributed by atoms with Crippen molar-refractivity contribution in [3.05, 3.63) is 28.5 Å². The number of nitrogens with one attached hydrogen (secondary N) is 1. The molecule has 2 heterocycles. The molecular formula is C13H19BrCl2F3N3. The van der Waals surface area contributed by atoms with E-state index in [9.17, 15) is 13.2 Å². The molecule has 1 saturated heterocycles. The van der Waals surface area contributed by atoms with E-state index in [1.165, 1.54) is 0 Å². The molecule has 1 atom stereocenters. The molecule has 1 aliphatic rings. The molecule has 2 rings (SSSR count). The van der Waals surface area contributed by atoms with Crippen LogP contribution in [0.15, 0.2) is 22.9 Å². The largest absolute Gasteiger partial charge is 0.389 e. The highest BCUT2D eigenvalue weighted by atomic mass is 79.9. The predicted molar refractivity (Wildman–Crippen MR) is 88.9 cm³/mol. The van der Waals surface area contributed by atoms with Crippen LogP contribution >= 0.6 is 40.7 Å². The fourth-order valence-corrected chi connectivity index (χ4v) is 2.85. The van der Waals surface area contributed by atoms with Gasteiger partial charge in [-0.3, -0.25) is 9.88 Å². The molecular weight excluding hydrogens is 406 g/mol. The summed E-state index contributed by atoms with van der Waals surface area (Å²) in [6.07, 6.45) is -1.52. The minimum atomic E-state index is -4.12. The highest BCUT2D eigenvalue weighted by molar-refractivity contribution is 9.10. The van der Waals surface area contributed by atoms with Gasteiger partial charge in [0, 0.05) is 55.5 Å². The quantitative estimate of drug-likeness (QED) is 0.792. The van der Waals surface area contributed by atoms with Crippen LogP contribution in [0.2, 0.25) is 0 Å². The van der Waals surface area contributed by atoms with Crippen molar-refractivity contribution in [3.63, 3.8) is 0 Å². The molecule has 1 aliphatic heterocycles. The van der Waals surface area contributed by atoms with Crippen LogP contribution in [0.1, 0.15) is 24.4 Å². The topological polar surface area (TPSA) is 28.2 Å². The highest BCUT2D eigenvalue weighted by Gasteiger charge is 2.31. The summed E-state index contributed by atoms with van der Waals surface area (Å²) < 4.78 is 38.4. The molecule has 22 heavy (non-hydrogen) atoms. The molecule has 0 unspecified atom stereocenters. The molecule has 0 bridgehead atoms. The van der Waals surface area contributed by atoms with E-state index in [0.29, 0.717) is 0 Å². The first-order valence-electron chi connectivity index (χ1n) is 6.58. The van der Waals surface area contributed by atoms with Gasteiger partial charge in [0.2, 0.25) is 0 Å². The third-order valence-electron chi connectivity index (χ3n) is 3.40. The maximum atomic E-state index is 12.5. The summed E-state index contributed by atoms with van der Waals surface area (Å²) >= 11 is 3.33. The molecule has 128 valence electrons. The Hall–Kier alpha value is -0.0800. The first-order valence-corrected chi connectivity index (χ1v) is 7.37. The lowest BCUT2D eigenvalue weighted by Gasteiger charge is -2.35. The lowest BCUT2D eigenvalue weighted by atomic mass is 10.0. The first kappa shape index (κ1) is 21.9. The van der Waals surface area contributed by atoms with Crippen LogP contribution < -0.4 is 5.32 Å². The van der Waals surface area contributed by atoms with Crippen molar-refractivity contribution in [3.8, 4) is 0 Å². The summed E-state index contributed by atoms with van der Waals surface area (Å²) in [6.45, 7) is 3.14. The van der Waals surface area contributed by atoms with Gasteiger partial charge in [-0.25, -0.2) is 0 Å². The summed E-state index contributed by atoms with van der Waals surface area (Å²) in [6, 6.07) is 1.62. The van der Waals surface area contributed by atoms with E-state index in [1.54, 1.807) is 12.4 Å². The van der Waals surface area contributed by atoms with Gasteiger partial charge < -0.3 is 5.32 Å². The van der Waals surface area contributed by atoms with E-state index in [4.69, 9.17) is 0 Å². The summed E-state index contributed by atoms with van der Waals surface area (Å²) in [7, 11) is 0. The first-order chi connectivity index (χ1) is 9.46. The van der Waals surface area contributed by atoms with Gasteiger partial charge in [-0.2, -0.15) is 13.2 Å². The zero-order valence-corrected chi connectivity index (χ0v) is 15.0. The Morgan fingerprint density at radius 1 is 1.23 bits per heavy atom. The minimum Gasteiger partial charge on any atom is -0.314 e. The van der Waals surface area contributed by atoms with E-state index in [0.717, 1.165) is 36.2 Å². The van der Waals surface area contributed by atoms with E-state index in [2.05, 4.69) is 31.1 Å². The van der Waals surface area contributed by atoms with Gasteiger partial charge in [0.05, 0.1) is 0 Å². The zero-order chi connectivity index (χ0) is 14.6. The average Bonchev–Trinajstić information content (AvgIpc) is 2.39. The number of halogens is 6. The zero-order valence-electron chi connectivity index (χ0n) is 11.8. The van der Waals surface area contributed by atoms with E-state index in [1.807, 2.05) is 6.07 Å². The number of piperazine rings is 1. The van der Waals surface area contributed by atoms with Crippen molar-refractivity contribution in [2.75, 3.05) is 26.2 Å². The van der Waals surface area contributed by atoms with Crippen molar-refractivity contribution in [2.24, 2.45) is 0 Å². The number of aromatic nitrogens is 1. The number of pyridine rings is 1. The van der Waals surface area contributed by atoms with Gasteiger partial charge in [0.1, 0.15) is 0 Å². The second kappa shape index (κ2) is 9.93. The molecule has 1 aromatic heterocycles. The van der Waals surface area contributed by atoms with Crippen molar-refractivity contribution in [2.45, 2.75) is 25.1 Å². The maximum Gasteiger partial charge on any atom is 0.389 e. The molecule has 1 fully saturated rings. The van der Waals surface area contributed by atoms with Gasteiger partial charge in [0.25, 0.3) is 0 Å². The van der Waals surface area contributed by atoms with Crippen LogP contribution in [0.25, 0.3) is 0 Å². The third-order valence-corrected chi connectivity index (χ3v) is 3.84. The second-order valence-electron chi connectivity index (χ2n) is 4.89. The number of alkyl halides is 3. The fourth-order valence-electron chi connectivity index (χ4n) is 2.46. The molecule has 0 aliphatic carbocycles. The van der Waals surface area contributed by atoms with Crippen molar-refractivity contribution >= 4 is 40.7 Å². The van der Waals surface area contributed by atoms with E-state index < -0.39 is 12.6 Å². The minimum absolute atomic E-state index is 0. The molecule has 3 nitrogen and oxygen atoms in total. The van der Waals surface area contributed by atoms with Crippen molar-refractivity contribution in [1.29, 1.82) is 0 Å². The third kappa shape index (κ3) is 7.00. The normalized spacial score (nSPS) is 17.3. The number of hydrogen-bond acceptors (Lipinski definition) is 3. The average molecular weight is 425 g/mol. The van der Waals surface area contributed by atoms with Gasteiger partial charge in [-0.05, 0) is 34.0 Å². The Kier molecular flexibility index (Phi) is 9.89. The Bertz CT molecular complexity index is 443. The van der Waals surface area contributed by atoms with Crippen LogP contribution in [0.4, 0.5) is 13.2 Å². The van der Waals surface area contributed by atoms with Crippen LogP contribution in [-0.2, 0) is 0 Å². The molecule has 0 amide bonds. The smallest absolute Gasteiger partial charge is 0.314 e. The van der Waals surface area contributed by atoms with Crippen molar-refractivity contribution in [1.82, 2.24) is 15.2 Å². The Labute approximate surface area is 149 Å². The summed E-state index contributed by atoms with van der Waals surface area (Å²) in [5, 5.41) is 3.22. The van der Waals surface area contributed by atoms with Crippen LogP contribution in [-0.4, -0.2) is 42.2 Å². The van der Waals surface area contributed by atoms with E-state index in [-0.39, 0.29) is 37.3 Å². The Morgan fingerprint density at radius 3 is 2.41 bits per heavy atom. The summed E-state index contributed by atoms with van der Waals surface area (Å²) in [5.41, 5.74) is 0.838. The molecule has 0 spiro atoms. The molecule has 9 heteroatoms. The van der Waals surface area contributed by atoms with Gasteiger partial charge in [-0.1, -0.05) is 0 Å². The Balaban J connectivity index is 0.00000220. The van der Waals surface area contributed by atoms with Crippen molar-refractivity contribution < 1.29 is 13.2 Å². The molecule has 0 saturated carbocycles. The van der Waals surface area contributed by atoms with Crippen LogP contribution in [0.5, 0.6) is 0 Å². The summed E-state index contributed by atoms with van der Waals surface area (Å²) in [4.78, 5) is 6.18. The van der Waals surface area contributed by atoms with E-state index >= 15 is 0 Å². The number of hydrogen-bond donors (Lipinski definition) is 1. The fraction of sp³-hybridized carbons (Fsp3) is 0.615. The van der Waals surface area contributed by atoms with Gasteiger partial charge in [0.15, 0.2) is 0 Å². The summed E-state index contributed by atoms with van der Waals surface area (Å²) in [5.74, 6) is 0.